The average Bonchev–Trinajstić information content (AvgIpc) is 2.15. The van der Waals surface area contributed by atoms with E-state index in [4.69, 9.17) is 5.26 Å². The van der Waals surface area contributed by atoms with Crippen LogP contribution in [-0.2, 0) is 10.0 Å². The van der Waals surface area contributed by atoms with Crippen LogP contribution in [0.15, 0.2) is 0 Å². The normalized spacial score (nSPS) is 24.4. The molecule has 0 aromatic carbocycles. The van der Waals surface area contributed by atoms with Crippen molar-refractivity contribution in [3.05, 3.63) is 0 Å². The van der Waals surface area contributed by atoms with Crippen LogP contribution in [0, 0.1) is 11.3 Å². The molecule has 1 saturated heterocycles. The van der Waals surface area contributed by atoms with Gasteiger partial charge >= 0.3 is 0 Å². The summed E-state index contributed by atoms with van der Waals surface area (Å²) in [5, 5.41) is 7.72. The lowest BCUT2D eigenvalue weighted by Gasteiger charge is -2.37. The Bertz CT molecular complexity index is 370. The van der Waals surface area contributed by atoms with Crippen molar-refractivity contribution in [2.45, 2.75) is 30.8 Å². The van der Waals surface area contributed by atoms with Crippen molar-refractivity contribution < 1.29 is 8.42 Å². The van der Waals surface area contributed by atoms with E-state index in [9.17, 15) is 8.42 Å². The van der Waals surface area contributed by atoms with E-state index in [0.29, 0.717) is 13.1 Å². The smallest absolute Gasteiger partial charge is 0.211 e. The predicted octanol–water partition coefficient (Wildman–Crippen LogP) is 1.06. The maximum absolute atomic E-state index is 11.9. The summed E-state index contributed by atoms with van der Waals surface area (Å²) in [7, 11) is -3.42. The van der Waals surface area contributed by atoms with E-state index >= 15 is 0 Å². The molecule has 0 radical (unpaired) electrons. The zero-order valence-electron chi connectivity index (χ0n) is 9.23. The molecule has 1 unspecified atom stereocenters. The van der Waals surface area contributed by atoms with Crippen LogP contribution in [0.25, 0.3) is 0 Å². The molecule has 1 fully saturated rings. The van der Waals surface area contributed by atoms with Gasteiger partial charge in [-0.15, -0.1) is 0 Å². The third-order valence-corrected chi connectivity index (χ3v) is 5.71. The van der Waals surface area contributed by atoms with Gasteiger partial charge in [0, 0.05) is 23.6 Å². The number of thioether (sulfide) groups is 1. The summed E-state index contributed by atoms with van der Waals surface area (Å²) in [6.45, 7) is 6.49. The Labute approximate surface area is 95.7 Å². The summed E-state index contributed by atoms with van der Waals surface area (Å²) < 4.78 is 25.2. The molecule has 1 rings (SSSR count). The van der Waals surface area contributed by atoms with Crippen molar-refractivity contribution >= 4 is 21.8 Å². The summed E-state index contributed by atoms with van der Waals surface area (Å²) in [4.78, 5) is 0. The molecule has 4 nitrogen and oxygen atoms in total. The van der Waals surface area contributed by atoms with Gasteiger partial charge in [0.15, 0.2) is 5.25 Å². The Kier molecular flexibility index (Phi) is 3.69. The van der Waals surface area contributed by atoms with Crippen LogP contribution >= 0.6 is 11.8 Å². The summed E-state index contributed by atoms with van der Waals surface area (Å²) in [5.41, 5.74) is 0. The molecule has 0 bridgehead atoms. The van der Waals surface area contributed by atoms with Gasteiger partial charge in [-0.05, 0) is 20.8 Å². The highest BCUT2D eigenvalue weighted by Crippen LogP contribution is 2.31. The molecular weight excluding hydrogens is 232 g/mol. The van der Waals surface area contributed by atoms with Crippen LogP contribution < -0.4 is 0 Å². The molecule has 0 N–H and O–H groups in total. The van der Waals surface area contributed by atoms with Crippen LogP contribution in [0.4, 0.5) is 0 Å². The van der Waals surface area contributed by atoms with Crippen molar-refractivity contribution in [1.29, 1.82) is 5.26 Å². The standard InChI is InChI=1S/C9H16N2O2S2/c1-8(6-10)15(12,13)11-4-5-14-9(2,3)7-11/h8H,4-5,7H2,1-3H3. The minimum absolute atomic E-state index is 0.0551. The van der Waals surface area contributed by atoms with Gasteiger partial charge < -0.3 is 0 Å². The van der Waals surface area contributed by atoms with Gasteiger partial charge in [-0.2, -0.15) is 21.3 Å². The van der Waals surface area contributed by atoms with Gasteiger partial charge in [-0.25, -0.2) is 8.42 Å². The highest BCUT2D eigenvalue weighted by molar-refractivity contribution is 8.00. The molecule has 1 aliphatic rings. The highest BCUT2D eigenvalue weighted by atomic mass is 32.2. The van der Waals surface area contributed by atoms with E-state index in [-0.39, 0.29) is 4.75 Å². The zero-order chi connectivity index (χ0) is 11.7. The van der Waals surface area contributed by atoms with Crippen LogP contribution in [0.1, 0.15) is 20.8 Å². The van der Waals surface area contributed by atoms with Gasteiger partial charge in [0.25, 0.3) is 0 Å². The van der Waals surface area contributed by atoms with E-state index in [0.717, 1.165) is 5.75 Å². The Balaban J connectivity index is 2.86. The molecular formula is C9H16N2O2S2. The van der Waals surface area contributed by atoms with Gasteiger partial charge in [-0.3, -0.25) is 0 Å². The van der Waals surface area contributed by atoms with Crippen LogP contribution in [0.3, 0.4) is 0 Å². The Morgan fingerprint density at radius 1 is 1.53 bits per heavy atom. The van der Waals surface area contributed by atoms with E-state index in [1.165, 1.54) is 11.2 Å². The average molecular weight is 248 g/mol. The molecule has 0 amide bonds. The second kappa shape index (κ2) is 4.32. The minimum atomic E-state index is -3.42. The van der Waals surface area contributed by atoms with Crippen LogP contribution in [0.5, 0.6) is 0 Å². The maximum atomic E-state index is 11.9. The second-order valence-electron chi connectivity index (χ2n) is 4.26. The predicted molar refractivity (Wildman–Crippen MR) is 62.1 cm³/mol. The number of rotatable bonds is 2. The van der Waals surface area contributed by atoms with E-state index in [1.54, 1.807) is 17.8 Å². The van der Waals surface area contributed by atoms with Crippen LogP contribution in [0.2, 0.25) is 0 Å². The van der Waals surface area contributed by atoms with Crippen molar-refractivity contribution in [2.75, 3.05) is 18.8 Å². The Hall–Kier alpha value is -0.250. The Morgan fingerprint density at radius 2 is 2.13 bits per heavy atom. The van der Waals surface area contributed by atoms with Gasteiger partial charge in [0.05, 0.1) is 6.07 Å². The fourth-order valence-electron chi connectivity index (χ4n) is 1.48. The van der Waals surface area contributed by atoms with Crippen molar-refractivity contribution in [1.82, 2.24) is 4.31 Å². The van der Waals surface area contributed by atoms with Crippen molar-refractivity contribution in [3.8, 4) is 6.07 Å². The van der Waals surface area contributed by atoms with Gasteiger partial charge in [0.2, 0.25) is 10.0 Å². The summed E-state index contributed by atoms with van der Waals surface area (Å²) >= 11 is 1.77. The molecule has 1 heterocycles. The molecule has 86 valence electrons. The second-order valence-corrected chi connectivity index (χ2v) is 8.31. The third-order valence-electron chi connectivity index (χ3n) is 2.38. The lowest BCUT2D eigenvalue weighted by atomic mass is 10.2. The SMILES string of the molecule is CC(C#N)S(=O)(=O)N1CCSC(C)(C)C1. The third kappa shape index (κ3) is 2.86. The molecule has 0 aliphatic carbocycles. The van der Waals surface area contributed by atoms with Crippen molar-refractivity contribution in [3.63, 3.8) is 0 Å². The maximum Gasteiger partial charge on any atom is 0.230 e. The fraction of sp³-hybridized carbons (Fsp3) is 0.889. The number of nitriles is 1. The molecule has 6 heteroatoms. The molecule has 0 aromatic heterocycles. The number of sulfonamides is 1. The topological polar surface area (TPSA) is 61.2 Å². The van der Waals surface area contributed by atoms with Gasteiger partial charge in [-0.1, -0.05) is 0 Å². The summed E-state index contributed by atoms with van der Waals surface area (Å²) in [6, 6.07) is 1.79. The first-order chi connectivity index (χ1) is 6.79. The summed E-state index contributed by atoms with van der Waals surface area (Å²) in [6.07, 6.45) is 0. The number of nitrogens with zero attached hydrogens (tertiary/aromatic N) is 2. The first-order valence-corrected chi connectivity index (χ1v) is 7.31. The Morgan fingerprint density at radius 3 is 2.60 bits per heavy atom. The summed E-state index contributed by atoms with van der Waals surface area (Å²) in [5.74, 6) is 0.796. The van der Waals surface area contributed by atoms with E-state index in [1.807, 2.05) is 13.8 Å². The number of hydrogen-bond acceptors (Lipinski definition) is 4. The highest BCUT2D eigenvalue weighted by Gasteiger charge is 2.36. The lowest BCUT2D eigenvalue weighted by Crippen LogP contribution is -2.48. The quantitative estimate of drug-likeness (QED) is 0.733. The molecule has 0 aromatic rings. The molecule has 0 saturated carbocycles. The van der Waals surface area contributed by atoms with Crippen molar-refractivity contribution in [2.24, 2.45) is 0 Å². The minimum Gasteiger partial charge on any atom is -0.211 e. The van der Waals surface area contributed by atoms with E-state index < -0.39 is 15.3 Å². The van der Waals surface area contributed by atoms with Gasteiger partial charge in [0.1, 0.15) is 0 Å². The first kappa shape index (κ1) is 12.8. The largest absolute Gasteiger partial charge is 0.230 e. The molecule has 0 spiro atoms. The number of hydrogen-bond donors (Lipinski definition) is 0. The zero-order valence-corrected chi connectivity index (χ0v) is 10.9. The molecule has 1 atom stereocenters. The monoisotopic (exact) mass is 248 g/mol. The van der Waals surface area contributed by atoms with Crippen LogP contribution in [-0.4, -0.2) is 41.6 Å². The van der Waals surface area contributed by atoms with E-state index in [2.05, 4.69) is 0 Å². The molecule has 15 heavy (non-hydrogen) atoms. The fourth-order valence-corrected chi connectivity index (χ4v) is 4.22. The lowest BCUT2D eigenvalue weighted by molar-refractivity contribution is 0.385. The molecule has 1 aliphatic heterocycles. The first-order valence-electron chi connectivity index (χ1n) is 4.82.